The fourth-order valence-corrected chi connectivity index (χ4v) is 10.0. The van der Waals surface area contributed by atoms with Gasteiger partial charge in [0.2, 0.25) is 0 Å². The number of benzene rings is 7. The minimum Gasteiger partial charge on any atom is -0.310 e. The molecule has 2 nitrogen and oxygen atoms in total. The van der Waals surface area contributed by atoms with E-state index in [1.54, 1.807) is 11.3 Å². The van der Waals surface area contributed by atoms with E-state index < -0.39 is 0 Å². The molecule has 10 rings (SSSR count). The van der Waals surface area contributed by atoms with Crippen LogP contribution in [0.2, 0.25) is 0 Å². The van der Waals surface area contributed by atoms with Crippen LogP contribution in [0.4, 0.5) is 17.1 Å². The van der Waals surface area contributed by atoms with E-state index in [9.17, 15) is 0 Å². The maximum atomic E-state index is 5.00. The Morgan fingerprint density at radius 2 is 1.16 bits per heavy atom. The minimum atomic E-state index is -0.0907. The molecule has 4 heteroatoms. The van der Waals surface area contributed by atoms with E-state index in [-0.39, 0.29) is 5.41 Å². The zero-order valence-corrected chi connectivity index (χ0v) is 29.4. The van der Waals surface area contributed by atoms with Crippen molar-refractivity contribution in [2.75, 3.05) is 4.90 Å². The summed E-state index contributed by atoms with van der Waals surface area (Å²) in [5.41, 5.74) is 13.4. The van der Waals surface area contributed by atoms with E-state index in [4.69, 9.17) is 4.98 Å². The topological polar surface area (TPSA) is 16.1 Å². The highest BCUT2D eigenvalue weighted by molar-refractivity contribution is 7.26. The summed E-state index contributed by atoms with van der Waals surface area (Å²) in [6.45, 7) is 4.70. The van der Waals surface area contributed by atoms with Gasteiger partial charge in [0.1, 0.15) is 5.01 Å². The number of nitrogens with zero attached hydrogens (tertiary/aromatic N) is 2. The van der Waals surface area contributed by atoms with Crippen molar-refractivity contribution >= 4 is 70.1 Å². The summed E-state index contributed by atoms with van der Waals surface area (Å²) in [6.07, 6.45) is 0. The molecule has 0 bridgehead atoms. The van der Waals surface area contributed by atoms with E-state index in [0.717, 1.165) is 33.1 Å². The molecule has 238 valence electrons. The second-order valence-electron chi connectivity index (χ2n) is 13.6. The van der Waals surface area contributed by atoms with Gasteiger partial charge < -0.3 is 4.90 Å². The predicted octanol–water partition coefficient (Wildman–Crippen LogP) is 13.8. The van der Waals surface area contributed by atoms with Crippen LogP contribution in [0.3, 0.4) is 0 Å². The predicted molar refractivity (Wildman–Crippen MR) is 216 cm³/mol. The van der Waals surface area contributed by atoms with Gasteiger partial charge in [-0.25, -0.2) is 4.98 Å². The first-order chi connectivity index (χ1) is 24.5. The molecule has 0 amide bonds. The number of aromatic nitrogens is 1. The first-order valence-corrected chi connectivity index (χ1v) is 18.7. The lowest BCUT2D eigenvalue weighted by atomic mass is 9.82. The number of hydrogen-bond donors (Lipinski definition) is 0. The number of thiophene rings is 1. The van der Waals surface area contributed by atoms with Crippen LogP contribution in [0.15, 0.2) is 158 Å². The van der Waals surface area contributed by atoms with Gasteiger partial charge in [0.05, 0.1) is 10.2 Å². The summed E-state index contributed by atoms with van der Waals surface area (Å²) >= 11 is 3.63. The first kappa shape index (κ1) is 29.4. The lowest BCUT2D eigenvalue weighted by molar-refractivity contribution is 0.660. The number of thiazole rings is 1. The van der Waals surface area contributed by atoms with Crippen molar-refractivity contribution in [3.63, 3.8) is 0 Å². The van der Waals surface area contributed by atoms with Gasteiger partial charge in [0.15, 0.2) is 0 Å². The second kappa shape index (κ2) is 11.2. The number of rotatable bonds is 5. The van der Waals surface area contributed by atoms with Crippen LogP contribution in [0.5, 0.6) is 0 Å². The fraction of sp³-hybridized carbons (Fsp3) is 0.0652. The molecule has 1 aliphatic carbocycles. The maximum absolute atomic E-state index is 5.00. The molecular weight excluding hydrogens is 645 g/mol. The zero-order valence-electron chi connectivity index (χ0n) is 27.7. The molecule has 0 spiro atoms. The summed E-state index contributed by atoms with van der Waals surface area (Å²) < 4.78 is 3.84. The quantitative estimate of drug-likeness (QED) is 0.180. The highest BCUT2D eigenvalue weighted by atomic mass is 32.1. The Balaban J connectivity index is 1.11. The molecule has 0 unspecified atom stereocenters. The van der Waals surface area contributed by atoms with Crippen molar-refractivity contribution < 1.29 is 0 Å². The SMILES string of the molecule is CC1(C)c2ccccc2-c2ccc(N(c3ccc(-c4cccc5c4sc4ccccc45)cc3)c3ccc4nc(-c5ccccc5)sc4c3)cc21. The molecular formula is C46H32N2S2. The Hall–Kier alpha value is -5.55. The molecule has 1 aliphatic rings. The van der Waals surface area contributed by atoms with Gasteiger partial charge in [-0.15, -0.1) is 22.7 Å². The molecule has 0 radical (unpaired) electrons. The number of hydrogen-bond acceptors (Lipinski definition) is 4. The Morgan fingerprint density at radius 3 is 2.04 bits per heavy atom. The van der Waals surface area contributed by atoms with E-state index in [0.29, 0.717) is 0 Å². The molecule has 7 aromatic carbocycles. The molecule has 9 aromatic rings. The maximum Gasteiger partial charge on any atom is 0.124 e. The molecule has 2 heterocycles. The molecule has 0 fully saturated rings. The molecule has 0 saturated heterocycles. The summed E-state index contributed by atoms with van der Waals surface area (Å²) in [7, 11) is 0. The third kappa shape index (κ3) is 4.56. The van der Waals surface area contributed by atoms with Crippen LogP contribution in [-0.4, -0.2) is 4.98 Å². The van der Waals surface area contributed by atoms with Gasteiger partial charge in [-0.2, -0.15) is 0 Å². The fourth-order valence-electron chi connectivity index (χ4n) is 7.80. The normalized spacial score (nSPS) is 13.2. The van der Waals surface area contributed by atoms with Crippen molar-refractivity contribution in [3.8, 4) is 32.8 Å². The average Bonchev–Trinajstić information content (AvgIpc) is 3.83. The molecule has 0 aliphatic heterocycles. The first-order valence-electron chi connectivity index (χ1n) is 17.0. The molecule has 50 heavy (non-hydrogen) atoms. The Labute approximate surface area is 299 Å². The van der Waals surface area contributed by atoms with E-state index in [2.05, 4.69) is 176 Å². The van der Waals surface area contributed by atoms with Crippen LogP contribution < -0.4 is 4.90 Å². The lowest BCUT2D eigenvalue weighted by Gasteiger charge is -2.28. The Morgan fingerprint density at radius 1 is 0.480 bits per heavy atom. The van der Waals surface area contributed by atoms with E-state index in [1.165, 1.54) is 58.3 Å². The zero-order chi connectivity index (χ0) is 33.4. The highest BCUT2D eigenvalue weighted by Crippen LogP contribution is 2.51. The van der Waals surface area contributed by atoms with Gasteiger partial charge in [-0.05, 0) is 81.9 Å². The Kier molecular flexibility index (Phi) is 6.61. The van der Waals surface area contributed by atoms with Crippen molar-refractivity contribution in [1.82, 2.24) is 4.98 Å². The average molecular weight is 677 g/mol. The van der Waals surface area contributed by atoms with E-state index in [1.807, 2.05) is 11.3 Å². The standard InChI is InChI=1S/C46H32N2S2/c1-46(2)39-17-8-6-13-35(39)36-25-23-32(27-40(36)46)48(33-24-26-41-43(28-33)50-45(47-41)30-11-4-3-5-12-30)31-21-19-29(20-22-31)34-15-10-16-38-37-14-7-9-18-42(37)49-44(34)38/h3-28H,1-2H3. The second-order valence-corrected chi connectivity index (χ2v) is 15.7. The van der Waals surface area contributed by atoms with Crippen molar-refractivity contribution in [1.29, 1.82) is 0 Å². The van der Waals surface area contributed by atoms with Gasteiger partial charge in [0, 0.05) is 48.2 Å². The van der Waals surface area contributed by atoms with Crippen LogP contribution in [-0.2, 0) is 5.41 Å². The molecule has 2 aromatic heterocycles. The van der Waals surface area contributed by atoms with Crippen molar-refractivity contribution in [3.05, 3.63) is 169 Å². The highest BCUT2D eigenvalue weighted by Gasteiger charge is 2.35. The Bertz CT molecular complexity index is 2730. The summed E-state index contributed by atoms with van der Waals surface area (Å²) in [6, 6.07) is 57.6. The van der Waals surface area contributed by atoms with Crippen LogP contribution in [0.25, 0.3) is 63.2 Å². The lowest BCUT2D eigenvalue weighted by Crippen LogP contribution is -2.16. The molecule has 0 N–H and O–H groups in total. The summed E-state index contributed by atoms with van der Waals surface area (Å²) in [5, 5.41) is 3.69. The van der Waals surface area contributed by atoms with Crippen molar-refractivity contribution in [2.45, 2.75) is 19.3 Å². The third-order valence-corrected chi connectivity index (χ3v) is 12.6. The summed E-state index contributed by atoms with van der Waals surface area (Å²) in [5.74, 6) is 0. The van der Waals surface area contributed by atoms with Gasteiger partial charge in [0.25, 0.3) is 0 Å². The number of anilines is 3. The van der Waals surface area contributed by atoms with Crippen LogP contribution in [0, 0.1) is 0 Å². The van der Waals surface area contributed by atoms with Gasteiger partial charge >= 0.3 is 0 Å². The molecule has 0 atom stereocenters. The largest absolute Gasteiger partial charge is 0.310 e. The number of fused-ring (bicyclic) bond motifs is 7. The van der Waals surface area contributed by atoms with Crippen LogP contribution in [0.1, 0.15) is 25.0 Å². The monoisotopic (exact) mass is 676 g/mol. The van der Waals surface area contributed by atoms with Crippen molar-refractivity contribution in [2.24, 2.45) is 0 Å². The molecule has 0 saturated carbocycles. The minimum absolute atomic E-state index is 0.0907. The smallest absolute Gasteiger partial charge is 0.124 e. The van der Waals surface area contributed by atoms with Crippen LogP contribution >= 0.6 is 22.7 Å². The van der Waals surface area contributed by atoms with E-state index >= 15 is 0 Å². The van der Waals surface area contributed by atoms with Gasteiger partial charge in [-0.1, -0.05) is 123 Å². The third-order valence-electron chi connectivity index (χ3n) is 10.3. The summed E-state index contributed by atoms with van der Waals surface area (Å²) in [4.78, 5) is 7.41. The van der Waals surface area contributed by atoms with Gasteiger partial charge in [-0.3, -0.25) is 0 Å².